The highest BCUT2D eigenvalue weighted by molar-refractivity contribution is 5.95. The normalized spacial score (nSPS) is 28.6. The van der Waals surface area contributed by atoms with Crippen LogP contribution in [-0.2, 0) is 0 Å². The molecule has 0 radical (unpaired) electrons. The first-order valence-corrected chi connectivity index (χ1v) is 7.57. The minimum absolute atomic E-state index is 0.453. The molecule has 0 amide bonds. The van der Waals surface area contributed by atoms with Crippen molar-refractivity contribution in [2.24, 2.45) is 22.7 Å². The SMILES string of the molecule is C=C(C(C1=CC(C)=NC1)C(C)C)N1C[C@H](C)CC1C. The van der Waals surface area contributed by atoms with Crippen LogP contribution in [0.15, 0.2) is 28.9 Å². The Balaban J connectivity index is 2.16. The van der Waals surface area contributed by atoms with E-state index in [0.29, 0.717) is 17.9 Å². The first-order chi connectivity index (χ1) is 8.90. The lowest BCUT2D eigenvalue weighted by molar-refractivity contribution is 0.282. The average Bonchev–Trinajstić information content (AvgIpc) is 2.85. The van der Waals surface area contributed by atoms with Gasteiger partial charge < -0.3 is 4.90 Å². The highest BCUT2D eigenvalue weighted by Gasteiger charge is 2.33. The summed E-state index contributed by atoms with van der Waals surface area (Å²) in [5, 5.41) is 0. The molecular formula is C17H28N2. The van der Waals surface area contributed by atoms with Crippen LogP contribution in [0.2, 0.25) is 0 Å². The Hall–Kier alpha value is -1.05. The van der Waals surface area contributed by atoms with Crippen LogP contribution in [0.3, 0.4) is 0 Å². The van der Waals surface area contributed by atoms with Gasteiger partial charge in [0, 0.05) is 29.9 Å². The van der Waals surface area contributed by atoms with Crippen molar-refractivity contribution in [3.8, 4) is 0 Å². The van der Waals surface area contributed by atoms with Crippen LogP contribution < -0.4 is 0 Å². The Bertz CT molecular complexity index is 417. The van der Waals surface area contributed by atoms with Crippen LogP contribution in [-0.4, -0.2) is 29.7 Å². The highest BCUT2D eigenvalue weighted by Crippen LogP contribution is 2.36. The molecular weight excluding hydrogens is 232 g/mol. The van der Waals surface area contributed by atoms with Crippen LogP contribution in [0.5, 0.6) is 0 Å². The Kier molecular flexibility index (Phi) is 4.17. The molecule has 2 heterocycles. The fraction of sp³-hybridized carbons (Fsp3) is 0.706. The molecule has 106 valence electrons. The molecule has 0 saturated carbocycles. The molecule has 0 bridgehead atoms. The molecule has 0 N–H and O–H groups in total. The third-order valence-electron chi connectivity index (χ3n) is 4.48. The molecule has 0 aromatic rings. The van der Waals surface area contributed by atoms with Gasteiger partial charge >= 0.3 is 0 Å². The third kappa shape index (κ3) is 2.93. The van der Waals surface area contributed by atoms with Crippen molar-refractivity contribution >= 4 is 5.71 Å². The van der Waals surface area contributed by atoms with Gasteiger partial charge in [0.15, 0.2) is 0 Å². The van der Waals surface area contributed by atoms with Crippen molar-refractivity contribution < 1.29 is 0 Å². The second-order valence-corrected chi connectivity index (χ2v) is 6.73. The van der Waals surface area contributed by atoms with Crippen molar-refractivity contribution in [3.05, 3.63) is 23.9 Å². The molecule has 2 nitrogen and oxygen atoms in total. The number of nitrogens with zero attached hydrogens (tertiary/aromatic N) is 2. The van der Waals surface area contributed by atoms with Gasteiger partial charge in [0.25, 0.3) is 0 Å². The van der Waals surface area contributed by atoms with Crippen molar-refractivity contribution in [2.45, 2.75) is 47.1 Å². The van der Waals surface area contributed by atoms with Gasteiger partial charge in [0.05, 0.1) is 6.54 Å². The van der Waals surface area contributed by atoms with Gasteiger partial charge in [0.2, 0.25) is 0 Å². The molecule has 3 atom stereocenters. The number of likely N-dealkylation sites (tertiary alicyclic amines) is 1. The van der Waals surface area contributed by atoms with Crippen LogP contribution in [0.25, 0.3) is 0 Å². The Morgan fingerprint density at radius 1 is 1.42 bits per heavy atom. The quantitative estimate of drug-likeness (QED) is 0.748. The lowest BCUT2D eigenvalue weighted by Gasteiger charge is -2.34. The molecule has 2 heteroatoms. The standard InChI is InChI=1S/C17H28N2/c1-11(2)17(16-8-13(4)18-9-16)15(6)19-10-12(3)7-14(19)5/h8,11-12,14,17H,6-7,9-10H2,1-5H3/t12-,14?,17?/m1/s1. The van der Waals surface area contributed by atoms with Gasteiger partial charge in [-0.3, -0.25) is 4.99 Å². The zero-order valence-corrected chi connectivity index (χ0v) is 13.1. The lowest BCUT2D eigenvalue weighted by atomic mass is 9.85. The second kappa shape index (κ2) is 5.52. The topological polar surface area (TPSA) is 15.6 Å². The molecule has 0 aromatic heterocycles. The van der Waals surface area contributed by atoms with Crippen LogP contribution in [0, 0.1) is 17.8 Å². The summed E-state index contributed by atoms with van der Waals surface area (Å²) < 4.78 is 0. The fourth-order valence-electron chi connectivity index (χ4n) is 3.67. The van der Waals surface area contributed by atoms with E-state index in [4.69, 9.17) is 0 Å². The van der Waals surface area contributed by atoms with E-state index in [1.54, 1.807) is 0 Å². The molecule has 2 rings (SSSR count). The fourth-order valence-corrected chi connectivity index (χ4v) is 3.67. The van der Waals surface area contributed by atoms with Gasteiger partial charge in [-0.2, -0.15) is 0 Å². The van der Waals surface area contributed by atoms with Crippen LogP contribution in [0.1, 0.15) is 41.0 Å². The van der Waals surface area contributed by atoms with E-state index in [9.17, 15) is 0 Å². The molecule has 0 spiro atoms. The van der Waals surface area contributed by atoms with E-state index < -0.39 is 0 Å². The summed E-state index contributed by atoms with van der Waals surface area (Å²) in [5.74, 6) is 1.83. The maximum Gasteiger partial charge on any atom is 0.0613 e. The minimum Gasteiger partial charge on any atom is -0.372 e. The Labute approximate surface area is 118 Å². The zero-order chi connectivity index (χ0) is 14.2. The Morgan fingerprint density at radius 2 is 2.11 bits per heavy atom. The minimum atomic E-state index is 0.453. The van der Waals surface area contributed by atoms with E-state index in [2.05, 4.69) is 57.2 Å². The van der Waals surface area contributed by atoms with Gasteiger partial charge in [0.1, 0.15) is 0 Å². The number of rotatable bonds is 4. The summed E-state index contributed by atoms with van der Waals surface area (Å²) in [7, 11) is 0. The predicted molar refractivity (Wildman–Crippen MR) is 83.5 cm³/mol. The van der Waals surface area contributed by atoms with E-state index in [1.165, 1.54) is 17.7 Å². The summed E-state index contributed by atoms with van der Waals surface area (Å²) in [6.45, 7) is 17.8. The second-order valence-electron chi connectivity index (χ2n) is 6.73. The van der Waals surface area contributed by atoms with E-state index >= 15 is 0 Å². The maximum absolute atomic E-state index is 4.53. The molecule has 2 aliphatic heterocycles. The third-order valence-corrected chi connectivity index (χ3v) is 4.48. The molecule has 2 unspecified atom stereocenters. The van der Waals surface area contributed by atoms with Gasteiger partial charge in [-0.25, -0.2) is 0 Å². The Morgan fingerprint density at radius 3 is 2.53 bits per heavy atom. The van der Waals surface area contributed by atoms with E-state index in [-0.39, 0.29) is 0 Å². The first kappa shape index (κ1) is 14.4. The summed E-state index contributed by atoms with van der Waals surface area (Å²) in [4.78, 5) is 7.06. The number of hydrogen-bond acceptors (Lipinski definition) is 2. The van der Waals surface area contributed by atoms with Crippen molar-refractivity contribution in [1.29, 1.82) is 0 Å². The van der Waals surface area contributed by atoms with E-state index in [1.807, 2.05) is 0 Å². The predicted octanol–water partition coefficient (Wildman–Crippen LogP) is 3.90. The monoisotopic (exact) mass is 260 g/mol. The van der Waals surface area contributed by atoms with Gasteiger partial charge in [-0.15, -0.1) is 0 Å². The molecule has 0 aromatic carbocycles. The largest absolute Gasteiger partial charge is 0.372 e. The summed E-state index contributed by atoms with van der Waals surface area (Å²) in [5.41, 5.74) is 3.92. The molecule has 2 aliphatic rings. The summed E-state index contributed by atoms with van der Waals surface area (Å²) in [6.07, 6.45) is 3.55. The van der Waals surface area contributed by atoms with Crippen LogP contribution >= 0.6 is 0 Å². The van der Waals surface area contributed by atoms with Gasteiger partial charge in [-0.1, -0.05) is 27.4 Å². The average molecular weight is 260 g/mol. The van der Waals surface area contributed by atoms with Crippen molar-refractivity contribution in [1.82, 2.24) is 4.90 Å². The highest BCUT2D eigenvalue weighted by atomic mass is 15.2. The number of hydrogen-bond donors (Lipinski definition) is 0. The molecule has 19 heavy (non-hydrogen) atoms. The first-order valence-electron chi connectivity index (χ1n) is 7.57. The number of aliphatic imine (C=N–C) groups is 1. The lowest BCUT2D eigenvalue weighted by Crippen LogP contribution is -2.32. The number of allylic oxidation sites excluding steroid dienone is 2. The molecule has 1 fully saturated rings. The van der Waals surface area contributed by atoms with Crippen molar-refractivity contribution in [3.63, 3.8) is 0 Å². The van der Waals surface area contributed by atoms with Gasteiger partial charge in [-0.05, 0) is 43.8 Å². The van der Waals surface area contributed by atoms with Crippen molar-refractivity contribution in [2.75, 3.05) is 13.1 Å². The molecule has 0 aliphatic carbocycles. The van der Waals surface area contributed by atoms with Crippen LogP contribution in [0.4, 0.5) is 0 Å². The van der Waals surface area contributed by atoms with E-state index in [0.717, 1.165) is 24.7 Å². The molecule has 1 saturated heterocycles. The summed E-state index contributed by atoms with van der Waals surface area (Å²) in [6, 6.07) is 0.632. The summed E-state index contributed by atoms with van der Waals surface area (Å²) >= 11 is 0. The zero-order valence-electron chi connectivity index (χ0n) is 13.1. The maximum atomic E-state index is 4.53. The smallest absolute Gasteiger partial charge is 0.0613 e.